The fourth-order valence-corrected chi connectivity index (χ4v) is 1.82. The summed E-state index contributed by atoms with van der Waals surface area (Å²) >= 11 is 3.26. The molecule has 1 amide bonds. The first kappa shape index (κ1) is 15.2. The normalized spacial score (nSPS) is 10.0. The van der Waals surface area contributed by atoms with Crippen LogP contribution in [0.25, 0.3) is 0 Å². The van der Waals surface area contributed by atoms with Crippen LogP contribution in [-0.2, 0) is 4.79 Å². The molecule has 0 aliphatic heterocycles. The zero-order chi connectivity index (χ0) is 15.2. The molecule has 0 saturated heterocycles. The number of nitrogens with one attached hydrogen (secondary N) is 1. The number of hydrogen-bond acceptors (Lipinski definition) is 4. The first-order valence-electron chi connectivity index (χ1n) is 6.20. The summed E-state index contributed by atoms with van der Waals surface area (Å²) in [5.74, 6) is 0.549. The molecule has 1 aromatic carbocycles. The molecule has 1 heterocycles. The van der Waals surface area contributed by atoms with E-state index in [0.717, 1.165) is 4.47 Å². The van der Waals surface area contributed by atoms with E-state index in [2.05, 4.69) is 26.2 Å². The van der Waals surface area contributed by atoms with Gasteiger partial charge in [0, 0.05) is 16.2 Å². The van der Waals surface area contributed by atoms with E-state index in [9.17, 15) is 9.59 Å². The third-order valence-electron chi connectivity index (χ3n) is 2.61. The lowest BCUT2D eigenvalue weighted by atomic mass is 10.1. The molecular formula is C15H13BrN2O3. The van der Waals surface area contributed by atoms with Crippen LogP contribution in [0.1, 0.15) is 17.3 Å². The molecule has 0 bridgehead atoms. The Labute approximate surface area is 130 Å². The summed E-state index contributed by atoms with van der Waals surface area (Å²) in [4.78, 5) is 27.0. The Morgan fingerprint density at radius 1 is 1.29 bits per heavy atom. The fraction of sp³-hybridized carbons (Fsp3) is 0.133. The van der Waals surface area contributed by atoms with Gasteiger partial charge in [-0.1, -0.05) is 12.1 Å². The van der Waals surface area contributed by atoms with Gasteiger partial charge in [0.15, 0.2) is 12.4 Å². The minimum Gasteiger partial charge on any atom is -0.484 e. The minimum absolute atomic E-state index is 0.0519. The molecule has 0 aliphatic rings. The number of Topliss-reactive ketones (excluding diaryl/α,β-unsaturated/α-hetero) is 1. The van der Waals surface area contributed by atoms with Crippen molar-refractivity contribution in [2.24, 2.45) is 0 Å². The molecule has 2 aromatic rings. The second kappa shape index (κ2) is 6.99. The number of aromatic nitrogens is 1. The molecule has 0 fully saturated rings. The van der Waals surface area contributed by atoms with Gasteiger partial charge in [-0.15, -0.1) is 0 Å². The van der Waals surface area contributed by atoms with Gasteiger partial charge in [0.1, 0.15) is 11.6 Å². The van der Waals surface area contributed by atoms with Gasteiger partial charge in [0.25, 0.3) is 5.91 Å². The zero-order valence-electron chi connectivity index (χ0n) is 11.3. The Hall–Kier alpha value is -2.21. The van der Waals surface area contributed by atoms with Gasteiger partial charge in [-0.3, -0.25) is 9.59 Å². The first-order chi connectivity index (χ1) is 10.0. The van der Waals surface area contributed by atoms with Crippen LogP contribution in [0.2, 0.25) is 0 Å². The molecule has 6 heteroatoms. The third-order valence-corrected chi connectivity index (χ3v) is 3.07. The summed E-state index contributed by atoms with van der Waals surface area (Å²) < 4.78 is 6.18. The van der Waals surface area contributed by atoms with E-state index in [1.807, 2.05) is 0 Å². The van der Waals surface area contributed by atoms with Crippen LogP contribution in [0.15, 0.2) is 47.1 Å². The van der Waals surface area contributed by atoms with E-state index in [1.165, 1.54) is 6.92 Å². The van der Waals surface area contributed by atoms with E-state index >= 15 is 0 Å². The lowest BCUT2D eigenvalue weighted by molar-refractivity contribution is -0.118. The molecule has 1 aromatic heterocycles. The van der Waals surface area contributed by atoms with Gasteiger partial charge >= 0.3 is 0 Å². The number of pyridine rings is 1. The number of nitrogens with zero attached hydrogens (tertiary/aromatic N) is 1. The van der Waals surface area contributed by atoms with Crippen molar-refractivity contribution in [3.05, 3.63) is 52.6 Å². The second-order valence-electron chi connectivity index (χ2n) is 4.28. The van der Waals surface area contributed by atoms with Gasteiger partial charge in [-0.2, -0.15) is 0 Å². The van der Waals surface area contributed by atoms with Crippen LogP contribution in [0.3, 0.4) is 0 Å². The Balaban J connectivity index is 1.90. The summed E-state index contributed by atoms with van der Waals surface area (Å²) in [6.07, 6.45) is 1.59. The number of halogens is 1. The highest BCUT2D eigenvalue weighted by atomic mass is 79.9. The molecule has 108 valence electrons. The van der Waals surface area contributed by atoms with Gasteiger partial charge in [-0.25, -0.2) is 4.98 Å². The molecule has 2 rings (SSSR count). The van der Waals surface area contributed by atoms with Crippen LogP contribution in [0, 0.1) is 0 Å². The number of benzene rings is 1. The largest absolute Gasteiger partial charge is 0.484 e. The Bertz CT molecular complexity index is 656. The molecule has 0 atom stereocenters. The molecule has 5 nitrogen and oxygen atoms in total. The molecule has 0 spiro atoms. The molecule has 0 saturated carbocycles. The number of rotatable bonds is 5. The van der Waals surface area contributed by atoms with Gasteiger partial charge < -0.3 is 10.1 Å². The van der Waals surface area contributed by atoms with Crippen molar-refractivity contribution in [3.8, 4) is 5.75 Å². The number of amides is 1. The van der Waals surface area contributed by atoms with E-state index in [0.29, 0.717) is 17.1 Å². The minimum atomic E-state index is -0.321. The van der Waals surface area contributed by atoms with Crippen LogP contribution in [-0.4, -0.2) is 23.3 Å². The lowest BCUT2D eigenvalue weighted by Crippen LogP contribution is -2.20. The maximum absolute atomic E-state index is 11.7. The summed E-state index contributed by atoms with van der Waals surface area (Å²) in [5, 5.41) is 2.61. The van der Waals surface area contributed by atoms with Crippen molar-refractivity contribution >= 4 is 33.4 Å². The van der Waals surface area contributed by atoms with Crippen LogP contribution in [0.5, 0.6) is 5.75 Å². The number of hydrogen-bond donors (Lipinski definition) is 1. The predicted molar refractivity (Wildman–Crippen MR) is 82.5 cm³/mol. The van der Waals surface area contributed by atoms with Gasteiger partial charge in [0.05, 0.1) is 0 Å². The van der Waals surface area contributed by atoms with E-state index in [4.69, 9.17) is 4.74 Å². The molecule has 0 aliphatic carbocycles. The number of carbonyl (C=O) groups excluding carboxylic acids is 2. The summed E-state index contributed by atoms with van der Waals surface area (Å²) in [6.45, 7) is 1.32. The predicted octanol–water partition coefficient (Wildman–Crippen LogP) is 3.06. The van der Waals surface area contributed by atoms with E-state index < -0.39 is 0 Å². The summed E-state index contributed by atoms with van der Waals surface area (Å²) in [5.41, 5.74) is 0.544. The average Bonchev–Trinajstić information content (AvgIpc) is 2.48. The van der Waals surface area contributed by atoms with Gasteiger partial charge in [0.2, 0.25) is 0 Å². The maximum atomic E-state index is 11.7. The van der Waals surface area contributed by atoms with Crippen LogP contribution >= 0.6 is 15.9 Å². The monoisotopic (exact) mass is 348 g/mol. The number of carbonyl (C=O) groups is 2. The molecule has 0 radical (unpaired) electrons. The van der Waals surface area contributed by atoms with Crippen molar-refractivity contribution in [1.82, 2.24) is 4.98 Å². The quantitative estimate of drug-likeness (QED) is 0.843. The SMILES string of the molecule is CC(=O)c1cccc(OCC(=O)Nc2ccc(Br)cn2)c1. The topological polar surface area (TPSA) is 68.3 Å². The second-order valence-corrected chi connectivity index (χ2v) is 5.20. The zero-order valence-corrected chi connectivity index (χ0v) is 12.9. The lowest BCUT2D eigenvalue weighted by Gasteiger charge is -2.07. The fourth-order valence-electron chi connectivity index (χ4n) is 1.58. The highest BCUT2D eigenvalue weighted by Gasteiger charge is 2.06. The molecule has 0 unspecified atom stereocenters. The smallest absolute Gasteiger partial charge is 0.263 e. The van der Waals surface area contributed by atoms with Crippen molar-refractivity contribution in [1.29, 1.82) is 0 Å². The van der Waals surface area contributed by atoms with Crippen molar-refractivity contribution in [3.63, 3.8) is 0 Å². The van der Waals surface area contributed by atoms with Gasteiger partial charge in [-0.05, 0) is 47.1 Å². The summed E-state index contributed by atoms with van der Waals surface area (Å²) in [6, 6.07) is 10.2. The average molecular weight is 349 g/mol. The molecule has 21 heavy (non-hydrogen) atoms. The van der Waals surface area contributed by atoms with Crippen molar-refractivity contribution in [2.75, 3.05) is 11.9 Å². The number of anilines is 1. The summed E-state index contributed by atoms with van der Waals surface area (Å²) in [7, 11) is 0. The maximum Gasteiger partial charge on any atom is 0.263 e. The van der Waals surface area contributed by atoms with E-state index in [1.54, 1.807) is 42.6 Å². The van der Waals surface area contributed by atoms with Crippen molar-refractivity contribution in [2.45, 2.75) is 6.92 Å². The molecule has 1 N–H and O–H groups in total. The number of ether oxygens (including phenoxy) is 1. The van der Waals surface area contributed by atoms with Crippen LogP contribution < -0.4 is 10.1 Å². The third kappa shape index (κ3) is 4.68. The molecular weight excluding hydrogens is 336 g/mol. The Morgan fingerprint density at radius 2 is 2.10 bits per heavy atom. The van der Waals surface area contributed by atoms with E-state index in [-0.39, 0.29) is 18.3 Å². The first-order valence-corrected chi connectivity index (χ1v) is 6.99. The highest BCUT2D eigenvalue weighted by molar-refractivity contribution is 9.10. The van der Waals surface area contributed by atoms with Crippen molar-refractivity contribution < 1.29 is 14.3 Å². The standard InChI is InChI=1S/C15H13BrN2O3/c1-10(19)11-3-2-4-13(7-11)21-9-15(20)18-14-6-5-12(16)8-17-14/h2-8H,9H2,1H3,(H,17,18,20). The Kier molecular flexibility index (Phi) is 5.05. The van der Waals surface area contributed by atoms with Crippen LogP contribution in [0.4, 0.5) is 5.82 Å². The number of ketones is 1. The highest BCUT2D eigenvalue weighted by Crippen LogP contribution is 2.14. The Morgan fingerprint density at radius 3 is 2.76 bits per heavy atom.